The van der Waals surface area contributed by atoms with E-state index in [1.165, 1.54) is 4.90 Å². The number of oxime groups is 1. The molecule has 0 aliphatic rings. The lowest BCUT2D eigenvalue weighted by Crippen LogP contribution is -2.35. The minimum Gasteiger partial charge on any atom is -0.492 e. The molecule has 29 heavy (non-hydrogen) atoms. The van der Waals surface area contributed by atoms with Crippen molar-refractivity contribution < 1.29 is 19.5 Å². The zero-order valence-corrected chi connectivity index (χ0v) is 17.1. The fourth-order valence-corrected chi connectivity index (χ4v) is 2.33. The number of nitrogens with zero attached hydrogens (tertiary/aromatic N) is 4. The molecule has 2 aromatic rings. The maximum absolute atomic E-state index is 11.9. The Balaban J connectivity index is 1.85. The first-order valence-corrected chi connectivity index (χ1v) is 9.17. The molecule has 0 aliphatic heterocycles. The van der Waals surface area contributed by atoms with Gasteiger partial charge in [0.15, 0.2) is 5.84 Å². The molecule has 1 amide bonds. The minimum absolute atomic E-state index is 0.00459. The van der Waals surface area contributed by atoms with Crippen molar-refractivity contribution in [1.82, 2.24) is 14.9 Å². The van der Waals surface area contributed by atoms with E-state index in [1.807, 2.05) is 20.8 Å². The average Bonchev–Trinajstić information content (AvgIpc) is 2.69. The summed E-state index contributed by atoms with van der Waals surface area (Å²) < 4.78 is 11.0. The molecule has 0 atom stereocenters. The van der Waals surface area contributed by atoms with Gasteiger partial charge in [0, 0.05) is 25.4 Å². The van der Waals surface area contributed by atoms with Crippen molar-refractivity contribution >= 4 is 11.9 Å². The number of hydrogen-bond acceptors (Lipinski definition) is 7. The van der Waals surface area contributed by atoms with E-state index in [0.717, 1.165) is 0 Å². The summed E-state index contributed by atoms with van der Waals surface area (Å²) in [5.74, 6) is 0.617. The van der Waals surface area contributed by atoms with Crippen LogP contribution in [0, 0.1) is 0 Å². The topological polar surface area (TPSA) is 123 Å². The number of ether oxygens (including phenoxy) is 2. The van der Waals surface area contributed by atoms with Crippen LogP contribution in [0.5, 0.6) is 5.75 Å². The number of carbonyl (C=O) groups excluding carboxylic acids is 1. The van der Waals surface area contributed by atoms with Gasteiger partial charge in [-0.05, 0) is 51.5 Å². The van der Waals surface area contributed by atoms with Crippen LogP contribution >= 0.6 is 0 Å². The number of aromatic nitrogens is 2. The summed E-state index contributed by atoms with van der Waals surface area (Å²) in [7, 11) is 1.69. The highest BCUT2D eigenvalue weighted by Gasteiger charge is 2.19. The van der Waals surface area contributed by atoms with Crippen LogP contribution in [-0.4, -0.2) is 57.8 Å². The van der Waals surface area contributed by atoms with E-state index in [4.69, 9.17) is 20.4 Å². The molecule has 0 aromatic carbocycles. The van der Waals surface area contributed by atoms with E-state index in [0.29, 0.717) is 42.3 Å². The molecule has 156 valence electrons. The maximum atomic E-state index is 11.9. The molecule has 9 nitrogen and oxygen atoms in total. The van der Waals surface area contributed by atoms with Crippen molar-refractivity contribution in [1.29, 1.82) is 0 Å². The average molecular weight is 401 g/mol. The summed E-state index contributed by atoms with van der Waals surface area (Å²) in [6, 6.07) is 6.90. The van der Waals surface area contributed by atoms with Gasteiger partial charge in [-0.25, -0.2) is 4.79 Å². The lowest BCUT2D eigenvalue weighted by Gasteiger charge is -2.24. The van der Waals surface area contributed by atoms with Crippen LogP contribution in [0.15, 0.2) is 41.8 Å². The van der Waals surface area contributed by atoms with Gasteiger partial charge in [0.25, 0.3) is 0 Å². The number of rotatable bonds is 7. The van der Waals surface area contributed by atoms with E-state index < -0.39 is 5.60 Å². The van der Waals surface area contributed by atoms with Crippen LogP contribution in [0.2, 0.25) is 0 Å². The van der Waals surface area contributed by atoms with E-state index in [-0.39, 0.29) is 11.9 Å². The Morgan fingerprint density at radius 1 is 1.24 bits per heavy atom. The van der Waals surface area contributed by atoms with Gasteiger partial charge < -0.3 is 25.3 Å². The molecule has 0 saturated heterocycles. The summed E-state index contributed by atoms with van der Waals surface area (Å²) in [6.45, 7) is 6.45. The number of amides is 1. The van der Waals surface area contributed by atoms with E-state index >= 15 is 0 Å². The Morgan fingerprint density at radius 2 is 2.00 bits per heavy atom. The van der Waals surface area contributed by atoms with Gasteiger partial charge in [0.1, 0.15) is 11.4 Å². The lowest BCUT2D eigenvalue weighted by molar-refractivity contribution is 0.0292. The molecule has 0 unspecified atom stereocenters. The Labute approximate surface area is 170 Å². The molecule has 0 bridgehead atoms. The summed E-state index contributed by atoms with van der Waals surface area (Å²) in [5, 5.41) is 11.8. The van der Waals surface area contributed by atoms with Crippen LogP contribution in [-0.2, 0) is 4.74 Å². The van der Waals surface area contributed by atoms with Gasteiger partial charge in [0.2, 0.25) is 0 Å². The second-order valence-corrected chi connectivity index (χ2v) is 7.40. The monoisotopic (exact) mass is 401 g/mol. The third-order valence-electron chi connectivity index (χ3n) is 3.77. The number of carbonyl (C=O) groups is 1. The van der Waals surface area contributed by atoms with Crippen LogP contribution in [0.25, 0.3) is 11.4 Å². The highest BCUT2D eigenvalue weighted by molar-refractivity contribution is 5.97. The summed E-state index contributed by atoms with van der Waals surface area (Å²) in [6.07, 6.45) is 3.46. The second-order valence-electron chi connectivity index (χ2n) is 7.40. The minimum atomic E-state index is -0.514. The second kappa shape index (κ2) is 9.72. The Hall–Kier alpha value is -3.36. The molecule has 0 saturated carbocycles. The van der Waals surface area contributed by atoms with E-state index in [2.05, 4.69) is 15.1 Å². The molecule has 0 radical (unpaired) electrons. The zero-order valence-electron chi connectivity index (χ0n) is 17.1. The van der Waals surface area contributed by atoms with Gasteiger partial charge in [0.05, 0.1) is 24.2 Å². The predicted octanol–water partition coefficient (Wildman–Crippen LogP) is 2.87. The lowest BCUT2D eigenvalue weighted by atomic mass is 10.1. The van der Waals surface area contributed by atoms with Crippen molar-refractivity contribution in [3.05, 3.63) is 42.2 Å². The molecule has 0 spiro atoms. The number of pyridine rings is 2. The highest BCUT2D eigenvalue weighted by Crippen LogP contribution is 2.18. The summed E-state index contributed by atoms with van der Waals surface area (Å²) >= 11 is 0. The van der Waals surface area contributed by atoms with E-state index in [1.54, 1.807) is 43.7 Å². The Kier molecular flexibility index (Phi) is 7.35. The SMILES string of the molecule is CN(CCCOc1ccc(-c2cc(/C(N)=N/O)ccn2)nc1)C(=O)OC(C)(C)C. The molecule has 2 heterocycles. The fourth-order valence-electron chi connectivity index (χ4n) is 2.33. The van der Waals surface area contributed by atoms with E-state index in [9.17, 15) is 4.79 Å². The fraction of sp³-hybridized carbons (Fsp3) is 0.400. The normalized spacial score (nSPS) is 11.8. The first-order valence-electron chi connectivity index (χ1n) is 9.17. The van der Waals surface area contributed by atoms with Crippen LogP contribution in [0.3, 0.4) is 0 Å². The Bertz CT molecular complexity index is 847. The summed E-state index contributed by atoms with van der Waals surface area (Å²) in [5.41, 5.74) is 6.87. The predicted molar refractivity (Wildman–Crippen MR) is 109 cm³/mol. The highest BCUT2D eigenvalue weighted by atomic mass is 16.6. The standard InChI is InChI=1S/C20H27N5O4/c1-20(2,3)29-19(26)25(4)10-5-11-28-15-6-7-16(23-13-15)17-12-14(8-9-22-17)18(21)24-27/h6-9,12-13,27H,5,10-11H2,1-4H3,(H2,21,24). The zero-order chi connectivity index (χ0) is 21.4. The van der Waals surface area contributed by atoms with Crippen LogP contribution in [0.4, 0.5) is 4.79 Å². The number of nitrogens with two attached hydrogens (primary N) is 1. The number of hydrogen-bond donors (Lipinski definition) is 2. The quantitative estimate of drug-likeness (QED) is 0.240. The molecular weight excluding hydrogens is 374 g/mol. The molecule has 2 rings (SSSR count). The van der Waals surface area contributed by atoms with Gasteiger partial charge in [-0.2, -0.15) is 0 Å². The molecule has 0 fully saturated rings. The molecule has 2 aromatic heterocycles. The third kappa shape index (κ3) is 6.95. The maximum Gasteiger partial charge on any atom is 0.410 e. The molecule has 3 N–H and O–H groups in total. The largest absolute Gasteiger partial charge is 0.492 e. The van der Waals surface area contributed by atoms with Crippen molar-refractivity contribution in [2.45, 2.75) is 32.8 Å². The van der Waals surface area contributed by atoms with Gasteiger partial charge in [-0.3, -0.25) is 9.97 Å². The van der Waals surface area contributed by atoms with Crippen LogP contribution in [0.1, 0.15) is 32.8 Å². The molecule has 9 heteroatoms. The van der Waals surface area contributed by atoms with Crippen molar-refractivity contribution in [2.24, 2.45) is 10.9 Å². The third-order valence-corrected chi connectivity index (χ3v) is 3.77. The summed E-state index contributed by atoms with van der Waals surface area (Å²) in [4.78, 5) is 22.0. The van der Waals surface area contributed by atoms with Gasteiger partial charge in [-0.1, -0.05) is 5.16 Å². The van der Waals surface area contributed by atoms with Crippen molar-refractivity contribution in [3.63, 3.8) is 0 Å². The number of amidine groups is 1. The van der Waals surface area contributed by atoms with Gasteiger partial charge >= 0.3 is 6.09 Å². The van der Waals surface area contributed by atoms with Crippen molar-refractivity contribution in [3.8, 4) is 17.1 Å². The first kappa shape index (κ1) is 21.9. The molecular formula is C20H27N5O4. The smallest absolute Gasteiger partial charge is 0.410 e. The Morgan fingerprint density at radius 3 is 2.62 bits per heavy atom. The van der Waals surface area contributed by atoms with Crippen molar-refractivity contribution in [2.75, 3.05) is 20.2 Å². The van der Waals surface area contributed by atoms with Crippen LogP contribution < -0.4 is 10.5 Å². The van der Waals surface area contributed by atoms with Gasteiger partial charge in [-0.15, -0.1) is 0 Å². The first-order chi connectivity index (χ1) is 13.7. The molecule has 0 aliphatic carbocycles.